The molecular formula is C26H29N5O2. The maximum absolute atomic E-state index is 11.7. The number of rotatable bonds is 7. The van der Waals surface area contributed by atoms with Crippen molar-refractivity contribution in [2.45, 2.75) is 12.6 Å². The molecule has 0 aromatic heterocycles. The SMILES string of the molecule is COc1cccc(N2CCN(CCC3=NNC(C=O)N3c3ccc4ccccc4c3)CC2)c1. The molecule has 1 unspecified atom stereocenters. The fourth-order valence-corrected chi connectivity index (χ4v) is 4.61. The summed E-state index contributed by atoms with van der Waals surface area (Å²) in [5.41, 5.74) is 5.17. The molecule has 0 radical (unpaired) electrons. The molecule has 2 aliphatic heterocycles. The van der Waals surface area contributed by atoms with Crippen molar-refractivity contribution in [3.63, 3.8) is 0 Å². The predicted molar refractivity (Wildman–Crippen MR) is 133 cm³/mol. The zero-order valence-electron chi connectivity index (χ0n) is 18.9. The lowest BCUT2D eigenvalue weighted by Crippen LogP contribution is -2.48. The van der Waals surface area contributed by atoms with Gasteiger partial charge in [-0.15, -0.1) is 0 Å². The Bertz CT molecular complexity index is 1160. The van der Waals surface area contributed by atoms with Gasteiger partial charge in [-0.2, -0.15) is 5.10 Å². The highest BCUT2D eigenvalue weighted by Crippen LogP contribution is 2.26. The lowest BCUT2D eigenvalue weighted by Gasteiger charge is -2.36. The van der Waals surface area contributed by atoms with Crippen LogP contribution in [0.4, 0.5) is 11.4 Å². The lowest BCUT2D eigenvalue weighted by molar-refractivity contribution is -0.109. The number of anilines is 2. The Morgan fingerprint density at radius 1 is 0.970 bits per heavy atom. The second-order valence-electron chi connectivity index (χ2n) is 8.42. The van der Waals surface area contributed by atoms with Crippen molar-refractivity contribution in [3.8, 4) is 5.75 Å². The van der Waals surface area contributed by atoms with Crippen molar-refractivity contribution in [3.05, 3.63) is 66.7 Å². The number of hydrogen-bond donors (Lipinski definition) is 1. The van der Waals surface area contributed by atoms with Gasteiger partial charge in [-0.25, -0.2) is 0 Å². The average molecular weight is 444 g/mol. The molecule has 7 nitrogen and oxygen atoms in total. The van der Waals surface area contributed by atoms with Crippen LogP contribution in [-0.4, -0.2) is 63.0 Å². The van der Waals surface area contributed by atoms with E-state index in [-0.39, 0.29) is 0 Å². The van der Waals surface area contributed by atoms with Crippen molar-refractivity contribution >= 4 is 34.3 Å². The van der Waals surface area contributed by atoms with Gasteiger partial charge in [0, 0.05) is 56.6 Å². The van der Waals surface area contributed by atoms with Crippen LogP contribution < -0.4 is 20.0 Å². The molecular weight excluding hydrogens is 414 g/mol. The molecule has 3 aromatic carbocycles. The maximum Gasteiger partial charge on any atom is 0.177 e. The second-order valence-corrected chi connectivity index (χ2v) is 8.42. The zero-order valence-corrected chi connectivity index (χ0v) is 18.9. The minimum Gasteiger partial charge on any atom is -0.497 e. The number of nitrogens with zero attached hydrogens (tertiary/aromatic N) is 4. The Morgan fingerprint density at radius 2 is 1.79 bits per heavy atom. The van der Waals surface area contributed by atoms with Gasteiger partial charge in [0.15, 0.2) is 12.5 Å². The first-order chi connectivity index (χ1) is 16.2. The van der Waals surface area contributed by atoms with Crippen LogP contribution >= 0.6 is 0 Å². The number of methoxy groups -OCH3 is 1. The molecule has 3 aromatic rings. The van der Waals surface area contributed by atoms with Gasteiger partial charge < -0.3 is 9.64 Å². The summed E-state index contributed by atoms with van der Waals surface area (Å²) in [5.74, 6) is 1.79. The van der Waals surface area contributed by atoms with Crippen LogP contribution in [0.15, 0.2) is 71.8 Å². The van der Waals surface area contributed by atoms with Crippen LogP contribution in [0, 0.1) is 0 Å². The number of carbonyl (C=O) groups excluding carboxylic acids is 1. The molecule has 0 amide bonds. The van der Waals surface area contributed by atoms with Crippen LogP contribution in [0.3, 0.4) is 0 Å². The van der Waals surface area contributed by atoms with Crippen molar-refractivity contribution in [2.75, 3.05) is 49.6 Å². The first-order valence-electron chi connectivity index (χ1n) is 11.4. The molecule has 5 rings (SSSR count). The summed E-state index contributed by atoms with van der Waals surface area (Å²) in [6, 6.07) is 22.8. The van der Waals surface area contributed by atoms with Gasteiger partial charge >= 0.3 is 0 Å². The minimum absolute atomic E-state index is 0.467. The molecule has 0 aliphatic carbocycles. The van der Waals surface area contributed by atoms with Gasteiger partial charge in [0.05, 0.1) is 7.11 Å². The fraction of sp³-hybridized carbons (Fsp3) is 0.308. The van der Waals surface area contributed by atoms with E-state index in [2.05, 4.69) is 62.8 Å². The molecule has 0 bridgehead atoms. The van der Waals surface area contributed by atoms with E-state index >= 15 is 0 Å². The van der Waals surface area contributed by atoms with Crippen LogP contribution in [0.1, 0.15) is 6.42 Å². The summed E-state index contributed by atoms with van der Waals surface area (Å²) >= 11 is 0. The average Bonchev–Trinajstić information content (AvgIpc) is 3.30. The van der Waals surface area contributed by atoms with Crippen molar-refractivity contribution in [1.29, 1.82) is 0 Å². The highest BCUT2D eigenvalue weighted by Gasteiger charge is 2.29. The Hall–Kier alpha value is -3.58. The van der Waals surface area contributed by atoms with Crippen molar-refractivity contribution < 1.29 is 9.53 Å². The van der Waals surface area contributed by atoms with Gasteiger partial charge in [0.2, 0.25) is 0 Å². The molecule has 1 fully saturated rings. The number of hydrogen-bond acceptors (Lipinski definition) is 7. The van der Waals surface area contributed by atoms with Crippen LogP contribution in [0.5, 0.6) is 5.75 Å². The van der Waals surface area contributed by atoms with E-state index in [0.29, 0.717) is 0 Å². The van der Waals surface area contributed by atoms with Crippen LogP contribution in [0.2, 0.25) is 0 Å². The van der Waals surface area contributed by atoms with E-state index in [9.17, 15) is 4.79 Å². The smallest absolute Gasteiger partial charge is 0.177 e. The zero-order chi connectivity index (χ0) is 22.6. The van der Waals surface area contributed by atoms with E-state index in [1.165, 1.54) is 11.1 Å². The number of aldehydes is 1. The maximum atomic E-state index is 11.7. The molecule has 33 heavy (non-hydrogen) atoms. The van der Waals surface area contributed by atoms with E-state index < -0.39 is 6.17 Å². The molecule has 1 N–H and O–H groups in total. The number of piperazine rings is 1. The number of benzene rings is 3. The minimum atomic E-state index is -0.467. The molecule has 1 saturated heterocycles. The van der Waals surface area contributed by atoms with Gasteiger partial charge in [-0.05, 0) is 35.0 Å². The standard InChI is InChI=1S/C26H29N5O2/c1-33-24-8-4-7-22(18-24)30-15-13-29(14-16-30)12-11-25-27-28-26(19-32)31(25)23-10-9-20-5-2-3-6-21(20)17-23/h2-10,17-19,26,28H,11-16H2,1H3. The van der Waals surface area contributed by atoms with Crippen molar-refractivity contribution in [2.24, 2.45) is 5.10 Å². The van der Waals surface area contributed by atoms with E-state index in [1.54, 1.807) is 7.11 Å². The Kier molecular flexibility index (Phi) is 6.13. The Labute approximate surface area is 194 Å². The molecule has 2 heterocycles. The van der Waals surface area contributed by atoms with Gasteiger partial charge in [-0.3, -0.25) is 20.0 Å². The molecule has 1 atom stereocenters. The summed E-state index contributed by atoms with van der Waals surface area (Å²) in [5, 5.41) is 6.84. The first kappa shape index (κ1) is 21.3. The normalized spacial score (nSPS) is 18.8. The number of hydrazone groups is 1. The lowest BCUT2D eigenvalue weighted by atomic mass is 10.1. The van der Waals surface area contributed by atoms with Crippen LogP contribution in [0.25, 0.3) is 10.8 Å². The van der Waals surface area contributed by atoms with Gasteiger partial charge in [0.1, 0.15) is 11.6 Å². The highest BCUT2D eigenvalue weighted by atomic mass is 16.5. The van der Waals surface area contributed by atoms with Gasteiger partial charge in [0.25, 0.3) is 0 Å². The molecule has 0 saturated carbocycles. The summed E-state index contributed by atoms with van der Waals surface area (Å²) in [4.78, 5) is 18.6. The Balaban J connectivity index is 1.22. The summed E-state index contributed by atoms with van der Waals surface area (Å²) in [6.45, 7) is 4.84. The number of fused-ring (bicyclic) bond motifs is 1. The topological polar surface area (TPSA) is 60.4 Å². The third-order valence-corrected chi connectivity index (χ3v) is 6.46. The number of carbonyl (C=O) groups is 1. The highest BCUT2D eigenvalue weighted by molar-refractivity contribution is 6.04. The van der Waals surface area contributed by atoms with Crippen LogP contribution in [-0.2, 0) is 4.79 Å². The quantitative estimate of drug-likeness (QED) is 0.566. The summed E-state index contributed by atoms with van der Waals surface area (Å²) in [7, 11) is 1.70. The summed E-state index contributed by atoms with van der Waals surface area (Å²) < 4.78 is 5.36. The monoisotopic (exact) mass is 443 g/mol. The first-order valence-corrected chi connectivity index (χ1v) is 11.4. The third kappa shape index (κ3) is 4.50. The second kappa shape index (κ2) is 9.50. The number of ether oxygens (including phenoxy) is 1. The Morgan fingerprint density at radius 3 is 2.58 bits per heavy atom. The molecule has 170 valence electrons. The van der Waals surface area contributed by atoms with Gasteiger partial charge in [-0.1, -0.05) is 36.4 Å². The predicted octanol–water partition coefficient (Wildman–Crippen LogP) is 3.31. The largest absolute Gasteiger partial charge is 0.497 e. The third-order valence-electron chi connectivity index (χ3n) is 6.46. The molecule has 0 spiro atoms. The molecule has 7 heteroatoms. The fourth-order valence-electron chi connectivity index (χ4n) is 4.61. The van der Waals surface area contributed by atoms with E-state index in [0.717, 1.165) is 68.1 Å². The number of amidine groups is 1. The van der Waals surface area contributed by atoms with Crippen molar-refractivity contribution in [1.82, 2.24) is 10.3 Å². The van der Waals surface area contributed by atoms with E-state index in [4.69, 9.17) is 4.74 Å². The molecule has 2 aliphatic rings. The summed E-state index contributed by atoms with van der Waals surface area (Å²) in [6.07, 6.45) is 1.23. The number of nitrogens with one attached hydrogen (secondary N) is 1. The van der Waals surface area contributed by atoms with E-state index in [1.807, 2.05) is 29.2 Å².